The van der Waals surface area contributed by atoms with Gasteiger partial charge < -0.3 is 14.4 Å². The van der Waals surface area contributed by atoms with Gasteiger partial charge in [0.05, 0.1) is 11.4 Å². The fourth-order valence-electron chi connectivity index (χ4n) is 8.50. The van der Waals surface area contributed by atoms with E-state index in [0.29, 0.717) is 23.2 Å². The van der Waals surface area contributed by atoms with Gasteiger partial charge in [0.1, 0.15) is 20.3 Å². The van der Waals surface area contributed by atoms with Crippen molar-refractivity contribution in [3.8, 4) is 0 Å². The molecule has 8 atom stereocenters. The van der Waals surface area contributed by atoms with Crippen molar-refractivity contribution in [2.75, 3.05) is 14.2 Å². The van der Waals surface area contributed by atoms with Gasteiger partial charge in [0.2, 0.25) is 0 Å². The molecule has 0 aromatic rings. The van der Waals surface area contributed by atoms with Crippen LogP contribution in [-0.2, 0) is 19.2 Å². The van der Waals surface area contributed by atoms with E-state index in [1.54, 1.807) is 14.2 Å². The summed E-state index contributed by atoms with van der Waals surface area (Å²) in [6.45, 7) is 8.61. The van der Waals surface area contributed by atoms with E-state index in [1.165, 1.54) is 39.0 Å². The summed E-state index contributed by atoms with van der Waals surface area (Å²) in [5.41, 5.74) is 2.67. The second-order valence-electron chi connectivity index (χ2n) is 11.0. The molecule has 0 aromatic carbocycles. The zero-order valence-corrected chi connectivity index (χ0v) is 20.1. The van der Waals surface area contributed by atoms with Crippen LogP contribution in [0.15, 0.2) is 10.3 Å². The lowest BCUT2D eigenvalue weighted by molar-refractivity contribution is -0.159. The average Bonchev–Trinajstić information content (AvgIpc) is 3.00. The molecule has 4 fully saturated rings. The van der Waals surface area contributed by atoms with E-state index < -0.39 is 0 Å². The van der Waals surface area contributed by atoms with Crippen molar-refractivity contribution in [1.29, 1.82) is 0 Å². The van der Waals surface area contributed by atoms with Crippen molar-refractivity contribution in [2.24, 2.45) is 50.7 Å². The van der Waals surface area contributed by atoms with Gasteiger partial charge in [0.15, 0.2) is 0 Å². The molecule has 6 nitrogen and oxygen atoms in total. The summed E-state index contributed by atoms with van der Waals surface area (Å²) >= 11 is 0. The standard InChI is InChI=1S/C25H40N2O4/c1-15(26-29-5)23-22(27-30-6)14-21-19-8-7-17-13-18(31-16(2)28)9-11-24(17,3)20(19)10-12-25(21,23)4/h17-21,23H,7-14H2,1-6H3/b26-15+,27-22-/t17-,18+,19+,20-,21+,23+,24-,25+/m0/s1. The molecular weight excluding hydrogens is 392 g/mol. The molecule has 0 aromatic heterocycles. The van der Waals surface area contributed by atoms with E-state index in [4.69, 9.17) is 14.4 Å². The number of hydrogen-bond donors (Lipinski definition) is 0. The van der Waals surface area contributed by atoms with E-state index in [1.807, 2.05) is 0 Å². The van der Waals surface area contributed by atoms with Gasteiger partial charge in [-0.3, -0.25) is 4.79 Å². The summed E-state index contributed by atoms with van der Waals surface area (Å²) < 4.78 is 5.62. The van der Waals surface area contributed by atoms with Gasteiger partial charge in [0, 0.05) is 12.8 Å². The number of hydrogen-bond acceptors (Lipinski definition) is 6. The Morgan fingerprint density at radius 3 is 2.39 bits per heavy atom. The Morgan fingerprint density at radius 1 is 0.968 bits per heavy atom. The lowest BCUT2D eigenvalue weighted by atomic mass is 9.44. The molecule has 4 aliphatic rings. The van der Waals surface area contributed by atoms with Crippen molar-refractivity contribution < 1.29 is 19.2 Å². The van der Waals surface area contributed by atoms with Gasteiger partial charge >= 0.3 is 5.97 Å². The van der Waals surface area contributed by atoms with Crippen LogP contribution in [-0.4, -0.2) is 37.7 Å². The van der Waals surface area contributed by atoms with Gasteiger partial charge in [-0.2, -0.15) is 0 Å². The second kappa shape index (κ2) is 8.40. The topological polar surface area (TPSA) is 69.5 Å². The van der Waals surface area contributed by atoms with Crippen LogP contribution in [0.4, 0.5) is 0 Å². The van der Waals surface area contributed by atoms with Gasteiger partial charge in [-0.05, 0) is 92.8 Å². The molecule has 0 N–H and O–H groups in total. The third-order valence-electron chi connectivity index (χ3n) is 9.67. The fourth-order valence-corrected chi connectivity index (χ4v) is 8.50. The number of carbonyl (C=O) groups excluding carboxylic acids is 1. The maximum atomic E-state index is 11.5. The minimum Gasteiger partial charge on any atom is -0.463 e. The van der Waals surface area contributed by atoms with Crippen molar-refractivity contribution in [3.05, 3.63) is 0 Å². The number of esters is 1. The van der Waals surface area contributed by atoms with Crippen LogP contribution in [0.5, 0.6) is 0 Å². The summed E-state index contributed by atoms with van der Waals surface area (Å²) in [4.78, 5) is 21.9. The van der Waals surface area contributed by atoms with E-state index >= 15 is 0 Å². The first-order chi connectivity index (χ1) is 14.7. The number of fused-ring (bicyclic) bond motifs is 5. The van der Waals surface area contributed by atoms with Gasteiger partial charge in [-0.25, -0.2) is 0 Å². The van der Waals surface area contributed by atoms with Crippen LogP contribution in [0.3, 0.4) is 0 Å². The Hall–Kier alpha value is -1.59. The first kappa shape index (κ1) is 22.6. The predicted octanol–water partition coefficient (Wildman–Crippen LogP) is 5.21. The highest BCUT2D eigenvalue weighted by Gasteiger charge is 2.62. The first-order valence-electron chi connectivity index (χ1n) is 12.1. The Bertz CT molecular complexity index is 765. The third-order valence-corrected chi connectivity index (χ3v) is 9.67. The number of rotatable bonds is 4. The average molecular weight is 433 g/mol. The lowest BCUT2D eigenvalue weighted by Crippen LogP contribution is -2.54. The van der Waals surface area contributed by atoms with E-state index in [0.717, 1.165) is 36.6 Å². The van der Waals surface area contributed by atoms with Crippen molar-refractivity contribution >= 4 is 17.4 Å². The predicted molar refractivity (Wildman–Crippen MR) is 121 cm³/mol. The maximum absolute atomic E-state index is 11.5. The molecule has 0 amide bonds. The number of nitrogens with zero attached hydrogens (tertiary/aromatic N) is 2. The molecule has 6 heteroatoms. The van der Waals surface area contributed by atoms with Gasteiger partial charge in [0.25, 0.3) is 0 Å². The summed E-state index contributed by atoms with van der Waals surface area (Å²) in [6, 6.07) is 0. The largest absolute Gasteiger partial charge is 0.463 e. The highest BCUT2D eigenvalue weighted by molar-refractivity contribution is 6.08. The van der Waals surface area contributed by atoms with Crippen LogP contribution in [0, 0.1) is 40.4 Å². The zero-order valence-electron chi connectivity index (χ0n) is 20.1. The Kier molecular flexibility index (Phi) is 6.12. The highest BCUT2D eigenvalue weighted by Crippen LogP contribution is 2.67. The summed E-state index contributed by atoms with van der Waals surface area (Å²) in [7, 11) is 3.27. The minimum absolute atomic E-state index is 0.116. The molecule has 0 aliphatic heterocycles. The van der Waals surface area contributed by atoms with Crippen LogP contribution >= 0.6 is 0 Å². The molecular formula is C25H40N2O4. The normalized spacial score (nSPS) is 46.0. The summed E-state index contributed by atoms with van der Waals surface area (Å²) in [5, 5.41) is 8.81. The van der Waals surface area contributed by atoms with Crippen LogP contribution in [0.2, 0.25) is 0 Å². The molecule has 31 heavy (non-hydrogen) atoms. The Labute approximate surface area is 187 Å². The second-order valence-corrected chi connectivity index (χ2v) is 11.0. The van der Waals surface area contributed by atoms with E-state index in [9.17, 15) is 4.79 Å². The molecule has 0 unspecified atom stereocenters. The molecule has 0 radical (unpaired) electrons. The Morgan fingerprint density at radius 2 is 1.71 bits per heavy atom. The molecule has 174 valence electrons. The number of oxime groups is 2. The first-order valence-corrected chi connectivity index (χ1v) is 12.1. The zero-order chi connectivity index (χ0) is 22.4. The fraction of sp³-hybridized carbons (Fsp3) is 0.880. The lowest BCUT2D eigenvalue weighted by Gasteiger charge is -2.60. The molecule has 4 saturated carbocycles. The molecule has 0 saturated heterocycles. The van der Waals surface area contributed by atoms with Gasteiger partial charge in [-0.15, -0.1) is 0 Å². The molecule has 0 bridgehead atoms. The maximum Gasteiger partial charge on any atom is 0.302 e. The third kappa shape index (κ3) is 3.68. The SMILES string of the molecule is CO/N=C1/C[C@@H]2[C@@H]3CC[C@H]4C[C@H](OC(C)=O)CC[C@]4(C)[C@H]3CC[C@@]2(C)[C@@H]1/C(C)=N/OC. The van der Waals surface area contributed by atoms with Crippen LogP contribution in [0.25, 0.3) is 0 Å². The molecule has 4 aliphatic carbocycles. The molecule has 0 heterocycles. The van der Waals surface area contributed by atoms with Crippen LogP contribution < -0.4 is 0 Å². The highest BCUT2D eigenvalue weighted by atomic mass is 16.6. The number of ether oxygens (including phenoxy) is 1. The summed E-state index contributed by atoms with van der Waals surface area (Å²) in [5.74, 6) is 2.79. The monoisotopic (exact) mass is 432 g/mol. The quantitative estimate of drug-likeness (QED) is 0.347. The van der Waals surface area contributed by atoms with Crippen molar-refractivity contribution in [3.63, 3.8) is 0 Å². The Balaban J connectivity index is 1.60. The van der Waals surface area contributed by atoms with E-state index in [-0.39, 0.29) is 23.4 Å². The van der Waals surface area contributed by atoms with Crippen LogP contribution in [0.1, 0.15) is 79.1 Å². The van der Waals surface area contributed by atoms with Crippen molar-refractivity contribution in [1.82, 2.24) is 0 Å². The van der Waals surface area contributed by atoms with Gasteiger partial charge in [-0.1, -0.05) is 24.2 Å². The minimum atomic E-state index is -0.134. The number of carbonyl (C=O) groups is 1. The van der Waals surface area contributed by atoms with E-state index in [2.05, 4.69) is 31.1 Å². The molecule has 0 spiro atoms. The molecule has 4 rings (SSSR count). The van der Waals surface area contributed by atoms with Crippen molar-refractivity contribution in [2.45, 2.75) is 85.2 Å². The smallest absolute Gasteiger partial charge is 0.302 e. The summed E-state index contributed by atoms with van der Waals surface area (Å²) in [6.07, 6.45) is 9.32.